The van der Waals surface area contributed by atoms with Gasteiger partial charge in [0, 0.05) is 17.4 Å². The van der Waals surface area contributed by atoms with Gasteiger partial charge in [-0.25, -0.2) is 0 Å². The zero-order chi connectivity index (χ0) is 13.5. The molecule has 0 radical (unpaired) electrons. The first kappa shape index (κ1) is 13.8. The summed E-state index contributed by atoms with van der Waals surface area (Å²) in [5.74, 6) is -0.261. The molecule has 0 aromatic heterocycles. The van der Waals surface area contributed by atoms with Crippen LogP contribution < -0.4 is 11.1 Å². The first-order valence-corrected chi connectivity index (χ1v) is 5.65. The van der Waals surface area contributed by atoms with Crippen molar-refractivity contribution in [1.29, 1.82) is 5.26 Å². The lowest BCUT2D eigenvalue weighted by Gasteiger charge is -2.15. The molecular weight excluding hydrogens is 230 g/mol. The molecular formula is C13H17N3O2. The van der Waals surface area contributed by atoms with Crippen LogP contribution in [0.3, 0.4) is 0 Å². The Morgan fingerprint density at radius 3 is 2.94 bits per heavy atom. The number of nitrogens with zero attached hydrogens (tertiary/aromatic N) is 1. The van der Waals surface area contributed by atoms with E-state index in [0.717, 1.165) is 11.3 Å². The summed E-state index contributed by atoms with van der Waals surface area (Å²) >= 11 is 0. The van der Waals surface area contributed by atoms with Crippen LogP contribution in [0, 0.1) is 11.3 Å². The van der Waals surface area contributed by atoms with Gasteiger partial charge >= 0.3 is 5.97 Å². The van der Waals surface area contributed by atoms with E-state index >= 15 is 0 Å². The van der Waals surface area contributed by atoms with Crippen LogP contribution in [0.1, 0.15) is 18.9 Å². The minimum absolute atomic E-state index is 0.0454. The summed E-state index contributed by atoms with van der Waals surface area (Å²) in [6.45, 7) is 1.89. The van der Waals surface area contributed by atoms with Crippen LogP contribution in [0.15, 0.2) is 18.2 Å². The van der Waals surface area contributed by atoms with Gasteiger partial charge in [0.1, 0.15) is 0 Å². The van der Waals surface area contributed by atoms with Gasteiger partial charge in [-0.3, -0.25) is 4.79 Å². The number of nitrogen functional groups attached to an aromatic ring is 1. The van der Waals surface area contributed by atoms with Gasteiger partial charge in [0.15, 0.2) is 0 Å². The van der Waals surface area contributed by atoms with E-state index < -0.39 is 0 Å². The Bertz CT molecular complexity index is 466. The van der Waals surface area contributed by atoms with E-state index in [1.54, 1.807) is 6.07 Å². The third kappa shape index (κ3) is 3.98. The molecule has 0 amide bonds. The van der Waals surface area contributed by atoms with Crippen molar-refractivity contribution in [3.05, 3.63) is 23.8 Å². The molecule has 5 nitrogen and oxygen atoms in total. The highest BCUT2D eigenvalue weighted by Crippen LogP contribution is 2.19. The normalized spacial score (nSPS) is 11.4. The van der Waals surface area contributed by atoms with Gasteiger partial charge in [0.25, 0.3) is 0 Å². The lowest BCUT2D eigenvalue weighted by Crippen LogP contribution is -2.20. The predicted octanol–water partition coefficient (Wildman–Crippen LogP) is 1.70. The number of carbonyl (C=O) groups excluding carboxylic acids is 1. The highest BCUT2D eigenvalue weighted by molar-refractivity contribution is 5.70. The Hall–Kier alpha value is -2.22. The third-order valence-corrected chi connectivity index (χ3v) is 2.53. The van der Waals surface area contributed by atoms with E-state index in [1.165, 1.54) is 7.11 Å². The minimum atomic E-state index is -0.261. The first-order chi connectivity index (χ1) is 8.56. The van der Waals surface area contributed by atoms with E-state index in [2.05, 4.69) is 16.1 Å². The van der Waals surface area contributed by atoms with E-state index in [0.29, 0.717) is 5.69 Å². The van der Waals surface area contributed by atoms with Gasteiger partial charge in [-0.2, -0.15) is 5.26 Å². The summed E-state index contributed by atoms with van der Waals surface area (Å²) < 4.78 is 4.60. The lowest BCUT2D eigenvalue weighted by atomic mass is 10.1. The fraction of sp³-hybridized carbons (Fsp3) is 0.385. The molecule has 96 valence electrons. The number of esters is 1. The largest absolute Gasteiger partial charge is 0.469 e. The van der Waals surface area contributed by atoms with Crippen LogP contribution >= 0.6 is 0 Å². The van der Waals surface area contributed by atoms with Crippen molar-refractivity contribution >= 4 is 17.3 Å². The van der Waals surface area contributed by atoms with Gasteiger partial charge in [-0.1, -0.05) is 0 Å². The van der Waals surface area contributed by atoms with E-state index in [4.69, 9.17) is 11.0 Å². The number of nitriles is 1. The number of rotatable bonds is 5. The number of benzene rings is 1. The number of anilines is 2. The maximum Gasteiger partial charge on any atom is 0.307 e. The maximum atomic E-state index is 11.1. The summed E-state index contributed by atoms with van der Waals surface area (Å²) in [5.41, 5.74) is 7.98. The summed E-state index contributed by atoms with van der Waals surface area (Å²) in [5, 5.41) is 11.8. The highest BCUT2D eigenvalue weighted by atomic mass is 16.5. The number of hydrogen-bond acceptors (Lipinski definition) is 5. The predicted molar refractivity (Wildman–Crippen MR) is 69.9 cm³/mol. The Kier molecular flexibility index (Phi) is 5.00. The number of methoxy groups -OCH3 is 1. The number of nitrogens with two attached hydrogens (primary N) is 1. The standard InChI is InChI=1S/C13H17N3O2/c1-9(7-13(17)18-2)16-11-3-4-12(15)10(8-11)5-6-14/h3-4,8-9,16H,5,7,15H2,1-2H3. The number of ether oxygens (including phenoxy) is 1. The third-order valence-electron chi connectivity index (χ3n) is 2.53. The van der Waals surface area contributed by atoms with E-state index in [9.17, 15) is 4.79 Å². The molecule has 1 aromatic carbocycles. The monoisotopic (exact) mass is 247 g/mol. The van der Waals surface area contributed by atoms with Crippen molar-refractivity contribution in [3.63, 3.8) is 0 Å². The van der Waals surface area contributed by atoms with Crippen LogP contribution in [0.25, 0.3) is 0 Å². The summed E-state index contributed by atoms with van der Waals surface area (Å²) in [4.78, 5) is 11.1. The molecule has 0 spiro atoms. The zero-order valence-electron chi connectivity index (χ0n) is 10.6. The average Bonchev–Trinajstić information content (AvgIpc) is 2.33. The molecule has 0 fully saturated rings. The molecule has 18 heavy (non-hydrogen) atoms. The van der Waals surface area contributed by atoms with Crippen molar-refractivity contribution in [2.75, 3.05) is 18.2 Å². The summed E-state index contributed by atoms with van der Waals surface area (Å²) in [6, 6.07) is 7.42. The molecule has 0 aliphatic carbocycles. The van der Waals surface area contributed by atoms with Gasteiger partial charge in [0.2, 0.25) is 0 Å². The Morgan fingerprint density at radius 1 is 1.61 bits per heavy atom. The molecule has 1 unspecified atom stereocenters. The second kappa shape index (κ2) is 6.50. The molecule has 1 atom stereocenters. The molecule has 3 N–H and O–H groups in total. The Balaban J connectivity index is 2.70. The van der Waals surface area contributed by atoms with Gasteiger partial charge in [-0.05, 0) is 30.7 Å². The highest BCUT2D eigenvalue weighted by Gasteiger charge is 2.09. The second-order valence-corrected chi connectivity index (χ2v) is 4.07. The van der Waals surface area contributed by atoms with Crippen LogP contribution in [0.5, 0.6) is 0 Å². The topological polar surface area (TPSA) is 88.1 Å². The quantitative estimate of drug-likeness (QED) is 0.610. The van der Waals surface area contributed by atoms with Gasteiger partial charge < -0.3 is 15.8 Å². The Morgan fingerprint density at radius 2 is 2.33 bits per heavy atom. The van der Waals surface area contributed by atoms with Crippen LogP contribution in [-0.2, 0) is 16.0 Å². The second-order valence-electron chi connectivity index (χ2n) is 4.07. The smallest absolute Gasteiger partial charge is 0.307 e. The zero-order valence-corrected chi connectivity index (χ0v) is 10.6. The fourth-order valence-electron chi connectivity index (χ4n) is 1.60. The summed E-state index contributed by atoms with van der Waals surface area (Å²) in [6.07, 6.45) is 0.557. The van der Waals surface area contributed by atoms with E-state index in [-0.39, 0.29) is 24.9 Å². The molecule has 0 bridgehead atoms. The van der Waals surface area contributed by atoms with Crippen molar-refractivity contribution in [2.24, 2.45) is 0 Å². The molecule has 1 rings (SSSR count). The van der Waals surface area contributed by atoms with Crippen LogP contribution in [0.2, 0.25) is 0 Å². The van der Waals surface area contributed by atoms with Crippen molar-refractivity contribution in [2.45, 2.75) is 25.8 Å². The Labute approximate surface area is 107 Å². The van der Waals surface area contributed by atoms with Crippen molar-refractivity contribution in [1.82, 2.24) is 0 Å². The molecule has 0 aliphatic heterocycles. The molecule has 0 aliphatic rings. The lowest BCUT2D eigenvalue weighted by molar-refractivity contribution is -0.140. The fourth-order valence-corrected chi connectivity index (χ4v) is 1.60. The van der Waals surface area contributed by atoms with Gasteiger partial charge in [0.05, 0.1) is 26.0 Å². The number of hydrogen-bond donors (Lipinski definition) is 2. The van der Waals surface area contributed by atoms with Crippen LogP contribution in [0.4, 0.5) is 11.4 Å². The number of nitrogens with one attached hydrogen (secondary N) is 1. The first-order valence-electron chi connectivity index (χ1n) is 5.65. The molecule has 0 saturated carbocycles. The number of carbonyl (C=O) groups is 1. The minimum Gasteiger partial charge on any atom is -0.469 e. The average molecular weight is 247 g/mol. The molecule has 5 heteroatoms. The molecule has 0 saturated heterocycles. The molecule has 1 aromatic rings. The van der Waals surface area contributed by atoms with Crippen LogP contribution in [-0.4, -0.2) is 19.1 Å². The van der Waals surface area contributed by atoms with Crippen molar-refractivity contribution < 1.29 is 9.53 Å². The molecule has 0 heterocycles. The SMILES string of the molecule is COC(=O)CC(C)Nc1ccc(N)c(CC#N)c1. The van der Waals surface area contributed by atoms with Gasteiger partial charge in [-0.15, -0.1) is 0 Å². The van der Waals surface area contributed by atoms with Crippen molar-refractivity contribution in [3.8, 4) is 6.07 Å². The maximum absolute atomic E-state index is 11.1. The summed E-state index contributed by atoms with van der Waals surface area (Å²) in [7, 11) is 1.36. The van der Waals surface area contributed by atoms with E-state index in [1.807, 2.05) is 19.1 Å².